The fourth-order valence-corrected chi connectivity index (χ4v) is 2.54. The van der Waals surface area contributed by atoms with Crippen LogP contribution in [-0.4, -0.2) is 33.7 Å². The second kappa shape index (κ2) is 8.24. The van der Waals surface area contributed by atoms with Crippen LogP contribution < -0.4 is 10.2 Å². The molecule has 3 aromatic rings. The Kier molecular flexibility index (Phi) is 5.58. The molecule has 1 amide bonds. The van der Waals surface area contributed by atoms with E-state index in [1.54, 1.807) is 11.8 Å². The summed E-state index contributed by atoms with van der Waals surface area (Å²) in [6.07, 6.45) is 1.61. The topological polar surface area (TPSA) is 81.4 Å². The summed E-state index contributed by atoms with van der Waals surface area (Å²) in [5, 5.41) is 12.2. The summed E-state index contributed by atoms with van der Waals surface area (Å²) in [5.74, 6) is 0.608. The van der Waals surface area contributed by atoms with Crippen LogP contribution in [0.5, 0.6) is 5.75 Å². The van der Waals surface area contributed by atoms with Gasteiger partial charge in [0.15, 0.2) is 0 Å². The van der Waals surface area contributed by atoms with Gasteiger partial charge in [0.25, 0.3) is 5.91 Å². The Labute approximate surface area is 151 Å². The third-order valence-electron chi connectivity index (χ3n) is 4.02. The fraction of sp³-hybridized carbons (Fsp3) is 0.263. The van der Waals surface area contributed by atoms with Gasteiger partial charge in [0.05, 0.1) is 12.6 Å². The zero-order valence-corrected chi connectivity index (χ0v) is 14.8. The van der Waals surface area contributed by atoms with Gasteiger partial charge in [-0.2, -0.15) is 5.10 Å². The van der Waals surface area contributed by atoms with E-state index in [2.05, 4.69) is 20.8 Å². The molecule has 7 heteroatoms. The molecule has 0 atom stereocenters. The van der Waals surface area contributed by atoms with Crippen molar-refractivity contribution in [2.75, 3.05) is 7.11 Å². The monoisotopic (exact) mass is 351 g/mol. The average molecular weight is 351 g/mol. The molecule has 26 heavy (non-hydrogen) atoms. The lowest BCUT2D eigenvalue weighted by Crippen LogP contribution is -2.24. The number of benzene rings is 2. The van der Waals surface area contributed by atoms with Crippen molar-refractivity contribution in [3.8, 4) is 5.75 Å². The highest BCUT2D eigenvalue weighted by atomic mass is 16.5. The van der Waals surface area contributed by atoms with Gasteiger partial charge < -0.3 is 4.74 Å². The zero-order chi connectivity index (χ0) is 18.4. The van der Waals surface area contributed by atoms with Crippen molar-refractivity contribution in [1.29, 1.82) is 0 Å². The van der Waals surface area contributed by atoms with Crippen LogP contribution in [0, 0.1) is 0 Å². The number of hydrazone groups is 1. The van der Waals surface area contributed by atoms with E-state index in [1.807, 2.05) is 55.5 Å². The Balaban J connectivity index is 1.50. The molecule has 2 aromatic carbocycles. The van der Waals surface area contributed by atoms with Crippen molar-refractivity contribution >= 4 is 22.7 Å². The Hall–Kier alpha value is -3.22. The molecular formula is C19H21N5O2. The highest BCUT2D eigenvalue weighted by Crippen LogP contribution is 2.13. The van der Waals surface area contributed by atoms with Gasteiger partial charge in [-0.15, -0.1) is 5.10 Å². The van der Waals surface area contributed by atoms with Crippen LogP contribution in [0.3, 0.4) is 0 Å². The molecule has 1 N–H and O–H groups in total. The van der Waals surface area contributed by atoms with Crippen molar-refractivity contribution in [3.05, 3.63) is 54.1 Å². The molecule has 0 fully saturated rings. The van der Waals surface area contributed by atoms with E-state index in [9.17, 15) is 4.79 Å². The predicted octanol–water partition coefficient (Wildman–Crippen LogP) is 2.56. The van der Waals surface area contributed by atoms with E-state index in [4.69, 9.17) is 4.74 Å². The normalized spacial score (nSPS) is 11.5. The van der Waals surface area contributed by atoms with Gasteiger partial charge in [0.2, 0.25) is 0 Å². The molecule has 1 aromatic heterocycles. The molecule has 0 saturated heterocycles. The van der Waals surface area contributed by atoms with Crippen molar-refractivity contribution < 1.29 is 9.53 Å². The fourth-order valence-electron chi connectivity index (χ4n) is 2.54. The number of methoxy groups -OCH3 is 1. The van der Waals surface area contributed by atoms with E-state index < -0.39 is 0 Å². The van der Waals surface area contributed by atoms with Crippen LogP contribution in [0.15, 0.2) is 53.6 Å². The molecule has 0 aliphatic carbocycles. The molecule has 0 spiro atoms. The smallest absolute Gasteiger partial charge is 0.261 e. The summed E-state index contributed by atoms with van der Waals surface area (Å²) >= 11 is 0. The first kappa shape index (κ1) is 17.6. The first-order chi connectivity index (χ1) is 12.7. The van der Waals surface area contributed by atoms with E-state index in [-0.39, 0.29) is 12.5 Å². The Morgan fingerprint density at radius 2 is 1.96 bits per heavy atom. The summed E-state index contributed by atoms with van der Waals surface area (Å²) in [5.41, 5.74) is 6.22. The SMILES string of the molecule is COc1ccc(CC/C(C)=N\NC(=O)Cn2nnc3ccccc32)cc1. The number of para-hydroxylation sites is 1. The maximum atomic E-state index is 12.1. The highest BCUT2D eigenvalue weighted by molar-refractivity contribution is 5.85. The Bertz CT molecular complexity index is 915. The number of fused-ring (bicyclic) bond motifs is 1. The van der Waals surface area contributed by atoms with Crippen LogP contribution >= 0.6 is 0 Å². The number of ether oxygens (including phenoxy) is 1. The molecule has 3 rings (SSSR count). The average Bonchev–Trinajstić information content (AvgIpc) is 3.08. The summed E-state index contributed by atoms with van der Waals surface area (Å²) < 4.78 is 6.71. The van der Waals surface area contributed by atoms with Crippen LogP contribution in [0.4, 0.5) is 0 Å². The molecule has 7 nitrogen and oxygen atoms in total. The van der Waals surface area contributed by atoms with Crippen molar-refractivity contribution in [2.45, 2.75) is 26.3 Å². The number of nitrogens with one attached hydrogen (secondary N) is 1. The minimum absolute atomic E-state index is 0.0791. The van der Waals surface area contributed by atoms with E-state index in [0.29, 0.717) is 0 Å². The number of aryl methyl sites for hydroxylation is 1. The van der Waals surface area contributed by atoms with Crippen molar-refractivity contribution in [3.63, 3.8) is 0 Å². The van der Waals surface area contributed by atoms with Gasteiger partial charge >= 0.3 is 0 Å². The minimum Gasteiger partial charge on any atom is -0.497 e. The highest BCUT2D eigenvalue weighted by Gasteiger charge is 2.08. The number of hydrogen-bond donors (Lipinski definition) is 1. The van der Waals surface area contributed by atoms with E-state index >= 15 is 0 Å². The van der Waals surface area contributed by atoms with Gasteiger partial charge in [0, 0.05) is 5.71 Å². The molecule has 0 aliphatic rings. The lowest BCUT2D eigenvalue weighted by molar-refractivity contribution is -0.121. The number of amides is 1. The molecule has 0 aliphatic heterocycles. The standard InChI is InChI=1S/C19H21N5O2/c1-14(7-8-15-9-11-16(26-2)12-10-15)20-22-19(25)13-24-18-6-4-3-5-17(18)21-23-24/h3-6,9-12H,7-8,13H2,1-2H3,(H,22,25)/b20-14-. The first-order valence-electron chi connectivity index (χ1n) is 8.39. The molecular weight excluding hydrogens is 330 g/mol. The van der Waals surface area contributed by atoms with Gasteiger partial charge in [0.1, 0.15) is 17.8 Å². The lowest BCUT2D eigenvalue weighted by Gasteiger charge is -2.05. The van der Waals surface area contributed by atoms with Gasteiger partial charge in [-0.3, -0.25) is 4.79 Å². The number of carbonyl (C=O) groups is 1. The Morgan fingerprint density at radius 1 is 1.19 bits per heavy atom. The van der Waals surface area contributed by atoms with Gasteiger partial charge in [-0.25, -0.2) is 10.1 Å². The third kappa shape index (κ3) is 4.44. The van der Waals surface area contributed by atoms with Gasteiger partial charge in [-0.05, 0) is 49.6 Å². The van der Waals surface area contributed by atoms with Crippen LogP contribution in [-0.2, 0) is 17.8 Å². The third-order valence-corrected chi connectivity index (χ3v) is 4.02. The second-order valence-electron chi connectivity index (χ2n) is 5.97. The summed E-state index contributed by atoms with van der Waals surface area (Å²) in [7, 11) is 1.65. The predicted molar refractivity (Wildman–Crippen MR) is 100 cm³/mol. The Morgan fingerprint density at radius 3 is 2.73 bits per heavy atom. The summed E-state index contributed by atoms with van der Waals surface area (Å²) in [6, 6.07) is 15.4. The maximum Gasteiger partial charge on any atom is 0.261 e. The molecule has 0 radical (unpaired) electrons. The second-order valence-corrected chi connectivity index (χ2v) is 5.97. The number of aromatic nitrogens is 3. The summed E-state index contributed by atoms with van der Waals surface area (Å²) in [4.78, 5) is 12.1. The molecule has 134 valence electrons. The van der Waals surface area contributed by atoms with Gasteiger partial charge in [-0.1, -0.05) is 29.5 Å². The summed E-state index contributed by atoms with van der Waals surface area (Å²) in [6.45, 7) is 1.98. The zero-order valence-electron chi connectivity index (χ0n) is 14.8. The number of nitrogens with zero attached hydrogens (tertiary/aromatic N) is 4. The number of carbonyl (C=O) groups excluding carboxylic acids is 1. The molecule has 1 heterocycles. The molecule has 0 bridgehead atoms. The van der Waals surface area contributed by atoms with E-state index in [0.717, 1.165) is 35.3 Å². The van der Waals surface area contributed by atoms with Crippen LogP contribution in [0.25, 0.3) is 11.0 Å². The lowest BCUT2D eigenvalue weighted by atomic mass is 10.1. The van der Waals surface area contributed by atoms with Crippen molar-refractivity contribution in [1.82, 2.24) is 20.4 Å². The minimum atomic E-state index is -0.232. The molecule has 0 unspecified atom stereocenters. The van der Waals surface area contributed by atoms with Crippen molar-refractivity contribution in [2.24, 2.45) is 5.10 Å². The largest absolute Gasteiger partial charge is 0.497 e. The molecule has 0 saturated carbocycles. The van der Waals surface area contributed by atoms with Crippen LogP contribution in [0.2, 0.25) is 0 Å². The number of hydrogen-bond acceptors (Lipinski definition) is 5. The number of rotatable bonds is 7. The maximum absolute atomic E-state index is 12.1. The first-order valence-corrected chi connectivity index (χ1v) is 8.39. The van der Waals surface area contributed by atoms with E-state index in [1.165, 1.54) is 5.56 Å². The quantitative estimate of drug-likeness (QED) is 0.524. The van der Waals surface area contributed by atoms with Crippen LogP contribution in [0.1, 0.15) is 18.9 Å².